The van der Waals surface area contributed by atoms with E-state index in [0.717, 1.165) is 5.39 Å². The van der Waals surface area contributed by atoms with E-state index >= 15 is 0 Å². The lowest BCUT2D eigenvalue weighted by Gasteiger charge is -2.30. The third-order valence-electron chi connectivity index (χ3n) is 4.40. The second kappa shape index (κ2) is 6.93. The van der Waals surface area contributed by atoms with Crippen molar-refractivity contribution in [2.45, 2.75) is 37.6 Å². The summed E-state index contributed by atoms with van der Waals surface area (Å²) in [5.74, 6) is -0.0865. The van der Waals surface area contributed by atoms with Gasteiger partial charge in [0.25, 0.3) is 0 Å². The minimum absolute atomic E-state index is 0.0644. The van der Waals surface area contributed by atoms with Gasteiger partial charge in [0.15, 0.2) is 0 Å². The van der Waals surface area contributed by atoms with E-state index in [1.54, 1.807) is 24.3 Å². The van der Waals surface area contributed by atoms with Gasteiger partial charge in [0, 0.05) is 35.9 Å². The van der Waals surface area contributed by atoms with E-state index in [1.165, 1.54) is 13.0 Å². The van der Waals surface area contributed by atoms with Crippen molar-refractivity contribution in [2.75, 3.05) is 6.61 Å². The van der Waals surface area contributed by atoms with Gasteiger partial charge in [-0.1, -0.05) is 6.58 Å². The van der Waals surface area contributed by atoms with Crippen LogP contribution in [-0.2, 0) is 9.53 Å². The Morgan fingerprint density at radius 2 is 2.08 bits per heavy atom. The number of aliphatic hydroxyl groups excluding tert-OH is 1. The number of cyclic esters (lactones) is 1. The molecular weight excluding hydrogens is 340 g/mol. The van der Waals surface area contributed by atoms with Crippen LogP contribution in [0.1, 0.15) is 19.8 Å². The number of benzene rings is 1. The average Bonchev–Trinajstić information content (AvgIpc) is 2.88. The summed E-state index contributed by atoms with van der Waals surface area (Å²) in [5, 5.41) is 21.5. The Kier molecular flexibility index (Phi) is 4.84. The van der Waals surface area contributed by atoms with Crippen molar-refractivity contribution in [1.82, 2.24) is 0 Å². The lowest BCUT2D eigenvalue weighted by molar-refractivity contribution is -0.144. The topological polar surface area (TPSA) is 106 Å². The molecular formula is C19H20O7. The van der Waals surface area contributed by atoms with Crippen molar-refractivity contribution in [3.8, 4) is 5.75 Å². The molecule has 1 aliphatic heterocycles. The van der Waals surface area contributed by atoms with Gasteiger partial charge >= 0.3 is 11.6 Å². The van der Waals surface area contributed by atoms with Crippen molar-refractivity contribution in [2.24, 2.45) is 0 Å². The number of esters is 1. The van der Waals surface area contributed by atoms with Crippen LogP contribution in [0.3, 0.4) is 0 Å². The van der Waals surface area contributed by atoms with Crippen LogP contribution >= 0.6 is 0 Å². The molecule has 3 unspecified atom stereocenters. The summed E-state index contributed by atoms with van der Waals surface area (Å²) in [5.41, 5.74) is -1.26. The predicted molar refractivity (Wildman–Crippen MR) is 92.9 cm³/mol. The molecule has 0 radical (unpaired) electrons. The summed E-state index contributed by atoms with van der Waals surface area (Å²) >= 11 is 0. The Morgan fingerprint density at radius 3 is 2.77 bits per heavy atom. The van der Waals surface area contributed by atoms with Crippen LogP contribution in [0.4, 0.5) is 0 Å². The van der Waals surface area contributed by atoms with Crippen LogP contribution in [0.15, 0.2) is 51.7 Å². The summed E-state index contributed by atoms with van der Waals surface area (Å²) < 4.78 is 15.7. The zero-order chi connectivity index (χ0) is 18.9. The van der Waals surface area contributed by atoms with Gasteiger partial charge in [-0.25, -0.2) is 9.59 Å². The molecule has 1 aliphatic rings. The first-order valence-corrected chi connectivity index (χ1v) is 8.20. The number of carbonyl (C=O) groups is 1. The molecule has 0 spiro atoms. The van der Waals surface area contributed by atoms with Crippen molar-refractivity contribution in [1.29, 1.82) is 0 Å². The van der Waals surface area contributed by atoms with E-state index in [-0.39, 0.29) is 13.0 Å². The quantitative estimate of drug-likeness (QED) is 0.457. The van der Waals surface area contributed by atoms with Gasteiger partial charge in [-0.15, -0.1) is 0 Å². The number of rotatable bonds is 6. The Bertz CT molecular complexity index is 880. The number of fused-ring (bicyclic) bond motifs is 1. The van der Waals surface area contributed by atoms with Gasteiger partial charge < -0.3 is 24.1 Å². The standard InChI is InChI=1S/C19H20O7/c1-11-7-14(25-18(11)22)9-19(2,23)16(20)10-24-13-5-3-12-4-6-17(21)26-15(12)8-13/h3-6,8,14,16,20,23H,1,7,9-10H2,2H3. The lowest BCUT2D eigenvalue weighted by atomic mass is 9.91. The minimum Gasteiger partial charge on any atom is -0.491 e. The highest BCUT2D eigenvalue weighted by Gasteiger charge is 2.38. The number of hydrogen-bond donors (Lipinski definition) is 2. The van der Waals surface area contributed by atoms with Crippen molar-refractivity contribution < 1.29 is 28.9 Å². The SMILES string of the molecule is C=C1CC(CC(C)(O)C(O)COc2ccc3ccc(=O)oc3c2)OC1=O. The van der Waals surface area contributed by atoms with Crippen LogP contribution in [0.5, 0.6) is 5.75 Å². The highest BCUT2D eigenvalue weighted by Crippen LogP contribution is 2.28. The van der Waals surface area contributed by atoms with Crippen LogP contribution in [0, 0.1) is 0 Å². The molecule has 0 aliphatic carbocycles. The first-order chi connectivity index (χ1) is 12.2. The first kappa shape index (κ1) is 18.2. The average molecular weight is 360 g/mol. The fraction of sp³-hybridized carbons (Fsp3) is 0.368. The Labute approximate surface area is 149 Å². The molecule has 0 bridgehead atoms. The predicted octanol–water partition coefficient (Wildman–Crippen LogP) is 1.55. The van der Waals surface area contributed by atoms with Gasteiger partial charge in [-0.3, -0.25) is 0 Å². The van der Waals surface area contributed by atoms with Gasteiger partial charge in [-0.05, 0) is 25.1 Å². The van der Waals surface area contributed by atoms with E-state index < -0.39 is 29.4 Å². The van der Waals surface area contributed by atoms with E-state index in [4.69, 9.17) is 13.9 Å². The van der Waals surface area contributed by atoms with Crippen LogP contribution in [-0.4, -0.2) is 40.6 Å². The smallest absolute Gasteiger partial charge is 0.336 e. The minimum atomic E-state index is -1.51. The van der Waals surface area contributed by atoms with Crippen LogP contribution < -0.4 is 10.4 Å². The van der Waals surface area contributed by atoms with E-state index in [1.807, 2.05) is 0 Å². The van der Waals surface area contributed by atoms with E-state index in [9.17, 15) is 19.8 Å². The summed E-state index contributed by atoms with van der Waals surface area (Å²) in [7, 11) is 0. The Balaban J connectivity index is 1.62. The third kappa shape index (κ3) is 3.95. The van der Waals surface area contributed by atoms with Crippen LogP contribution in [0.2, 0.25) is 0 Å². The third-order valence-corrected chi connectivity index (χ3v) is 4.40. The zero-order valence-corrected chi connectivity index (χ0v) is 14.3. The first-order valence-electron chi connectivity index (χ1n) is 8.20. The fourth-order valence-corrected chi connectivity index (χ4v) is 2.83. The highest BCUT2D eigenvalue weighted by molar-refractivity contribution is 5.89. The molecule has 2 aromatic rings. The van der Waals surface area contributed by atoms with E-state index in [0.29, 0.717) is 23.3 Å². The summed E-state index contributed by atoms with van der Waals surface area (Å²) in [6, 6.07) is 7.91. The maximum absolute atomic E-state index is 11.4. The highest BCUT2D eigenvalue weighted by atomic mass is 16.6. The monoisotopic (exact) mass is 360 g/mol. The molecule has 0 saturated carbocycles. The molecule has 0 amide bonds. The molecule has 2 heterocycles. The summed E-state index contributed by atoms with van der Waals surface area (Å²) in [6.07, 6.45) is -1.34. The van der Waals surface area contributed by atoms with Crippen molar-refractivity contribution in [3.63, 3.8) is 0 Å². The molecule has 2 N–H and O–H groups in total. The van der Waals surface area contributed by atoms with E-state index in [2.05, 4.69) is 6.58 Å². The second-order valence-electron chi connectivity index (χ2n) is 6.68. The largest absolute Gasteiger partial charge is 0.491 e. The molecule has 1 aromatic heterocycles. The Hall–Kier alpha value is -2.64. The molecule has 3 atom stereocenters. The van der Waals surface area contributed by atoms with Crippen molar-refractivity contribution >= 4 is 16.9 Å². The Morgan fingerprint density at radius 1 is 1.35 bits per heavy atom. The summed E-state index contributed by atoms with van der Waals surface area (Å²) in [4.78, 5) is 22.6. The molecule has 7 nitrogen and oxygen atoms in total. The second-order valence-corrected chi connectivity index (χ2v) is 6.68. The molecule has 1 saturated heterocycles. The number of ether oxygens (including phenoxy) is 2. The number of carbonyl (C=O) groups excluding carboxylic acids is 1. The van der Waals surface area contributed by atoms with Gasteiger partial charge in [-0.2, -0.15) is 0 Å². The molecule has 3 rings (SSSR count). The summed E-state index contributed by atoms with van der Waals surface area (Å²) in [6.45, 7) is 4.86. The molecule has 26 heavy (non-hydrogen) atoms. The molecule has 1 fully saturated rings. The van der Waals surface area contributed by atoms with Gasteiger partial charge in [0.1, 0.15) is 30.1 Å². The molecule has 1 aromatic carbocycles. The number of aliphatic hydroxyl groups is 2. The van der Waals surface area contributed by atoms with Crippen LogP contribution in [0.25, 0.3) is 11.0 Å². The fourth-order valence-electron chi connectivity index (χ4n) is 2.83. The zero-order valence-electron chi connectivity index (χ0n) is 14.3. The molecule has 7 heteroatoms. The lowest BCUT2D eigenvalue weighted by Crippen LogP contribution is -2.45. The van der Waals surface area contributed by atoms with Gasteiger partial charge in [0.05, 0.1) is 5.60 Å². The maximum Gasteiger partial charge on any atom is 0.336 e. The normalized spacial score (nSPS) is 20.7. The molecule has 138 valence electrons. The van der Waals surface area contributed by atoms with Gasteiger partial charge in [0.2, 0.25) is 0 Å². The maximum atomic E-state index is 11.4. The van der Waals surface area contributed by atoms with Crippen molar-refractivity contribution in [3.05, 3.63) is 52.9 Å². The number of hydrogen-bond acceptors (Lipinski definition) is 7.